The van der Waals surface area contributed by atoms with E-state index in [2.05, 4.69) is 0 Å². The SMILES string of the molecule is COCCOCOCC=CC=O. The molecule has 0 unspecified atom stereocenters. The van der Waals surface area contributed by atoms with E-state index in [0.29, 0.717) is 26.1 Å². The number of aldehydes is 1. The maximum Gasteiger partial charge on any atom is 0.147 e. The van der Waals surface area contributed by atoms with Crippen LogP contribution in [0.4, 0.5) is 0 Å². The molecule has 0 heterocycles. The first-order valence-corrected chi connectivity index (χ1v) is 3.66. The standard InChI is InChI=1S/C8H14O4/c1-10-6-7-12-8-11-5-3-2-4-9/h2-4H,5-8H2,1H3. The van der Waals surface area contributed by atoms with E-state index in [9.17, 15) is 4.79 Å². The Balaban J connectivity index is 2.90. The Labute approximate surface area is 72.1 Å². The number of carbonyl (C=O) groups excluding carboxylic acids is 1. The minimum Gasteiger partial charge on any atom is -0.382 e. The minimum atomic E-state index is 0.229. The third-order valence-electron chi connectivity index (χ3n) is 1.03. The molecule has 0 aliphatic carbocycles. The molecule has 70 valence electrons. The van der Waals surface area contributed by atoms with E-state index in [1.54, 1.807) is 13.2 Å². The molecule has 0 aromatic heterocycles. The zero-order valence-corrected chi connectivity index (χ0v) is 7.19. The first-order chi connectivity index (χ1) is 5.91. The molecule has 0 amide bonds. The van der Waals surface area contributed by atoms with Gasteiger partial charge in [-0.1, -0.05) is 6.08 Å². The lowest BCUT2D eigenvalue weighted by molar-refractivity contribution is -0.104. The van der Waals surface area contributed by atoms with Crippen molar-refractivity contribution in [3.8, 4) is 0 Å². The van der Waals surface area contributed by atoms with Gasteiger partial charge in [-0.2, -0.15) is 0 Å². The van der Waals surface area contributed by atoms with E-state index in [1.165, 1.54) is 6.08 Å². The van der Waals surface area contributed by atoms with E-state index >= 15 is 0 Å². The van der Waals surface area contributed by atoms with E-state index in [-0.39, 0.29) is 6.79 Å². The van der Waals surface area contributed by atoms with Crippen molar-refractivity contribution >= 4 is 6.29 Å². The molecule has 0 atom stereocenters. The summed E-state index contributed by atoms with van der Waals surface area (Å²) in [5.41, 5.74) is 0. The fourth-order valence-electron chi connectivity index (χ4n) is 0.487. The van der Waals surface area contributed by atoms with Gasteiger partial charge < -0.3 is 14.2 Å². The number of rotatable bonds is 8. The molecule has 0 rings (SSSR count). The predicted octanol–water partition coefficient (Wildman–Crippen LogP) is 0.379. The third-order valence-corrected chi connectivity index (χ3v) is 1.03. The molecular weight excluding hydrogens is 160 g/mol. The lowest BCUT2D eigenvalue weighted by Gasteiger charge is -2.02. The van der Waals surface area contributed by atoms with E-state index < -0.39 is 0 Å². The van der Waals surface area contributed by atoms with Gasteiger partial charge in [-0.05, 0) is 6.08 Å². The van der Waals surface area contributed by atoms with Crippen LogP contribution in [-0.4, -0.2) is 40.0 Å². The van der Waals surface area contributed by atoms with Gasteiger partial charge in [0.25, 0.3) is 0 Å². The Bertz CT molecular complexity index is 122. The second-order valence-electron chi connectivity index (χ2n) is 1.95. The average Bonchev–Trinajstić information content (AvgIpc) is 2.10. The van der Waals surface area contributed by atoms with E-state index in [1.807, 2.05) is 0 Å². The summed E-state index contributed by atoms with van der Waals surface area (Å²) in [6, 6.07) is 0. The van der Waals surface area contributed by atoms with Crippen LogP contribution in [0.3, 0.4) is 0 Å². The van der Waals surface area contributed by atoms with Gasteiger partial charge >= 0.3 is 0 Å². The molecule has 4 nitrogen and oxygen atoms in total. The highest BCUT2D eigenvalue weighted by atomic mass is 16.7. The molecular formula is C8H14O4. The molecule has 0 aliphatic heterocycles. The van der Waals surface area contributed by atoms with Gasteiger partial charge in [-0.3, -0.25) is 4.79 Å². The summed E-state index contributed by atoms with van der Waals surface area (Å²) < 4.78 is 14.7. The highest BCUT2D eigenvalue weighted by Crippen LogP contribution is 1.80. The largest absolute Gasteiger partial charge is 0.382 e. The van der Waals surface area contributed by atoms with Crippen molar-refractivity contribution in [2.45, 2.75) is 0 Å². The molecule has 0 N–H and O–H groups in total. The van der Waals surface area contributed by atoms with Crippen molar-refractivity contribution in [2.24, 2.45) is 0 Å². The Hall–Kier alpha value is -0.710. The summed E-state index contributed by atoms with van der Waals surface area (Å²) in [5.74, 6) is 0. The predicted molar refractivity (Wildman–Crippen MR) is 43.9 cm³/mol. The fraction of sp³-hybridized carbons (Fsp3) is 0.625. The lowest BCUT2D eigenvalue weighted by atomic mass is 10.5. The first kappa shape index (κ1) is 11.3. The maximum absolute atomic E-state index is 9.79. The summed E-state index contributed by atoms with van der Waals surface area (Å²) in [6.45, 7) is 1.71. The Kier molecular flexibility index (Phi) is 9.68. The van der Waals surface area contributed by atoms with Crippen LogP contribution >= 0.6 is 0 Å². The second kappa shape index (κ2) is 10.3. The highest BCUT2D eigenvalue weighted by Gasteiger charge is 1.85. The normalized spacial score (nSPS) is 10.8. The summed E-state index contributed by atoms with van der Waals surface area (Å²) >= 11 is 0. The molecule has 0 saturated heterocycles. The Morgan fingerprint density at radius 1 is 1.25 bits per heavy atom. The van der Waals surface area contributed by atoms with Crippen molar-refractivity contribution in [3.05, 3.63) is 12.2 Å². The highest BCUT2D eigenvalue weighted by molar-refractivity contribution is 5.64. The van der Waals surface area contributed by atoms with Crippen molar-refractivity contribution in [1.82, 2.24) is 0 Å². The maximum atomic E-state index is 9.79. The van der Waals surface area contributed by atoms with Crippen LogP contribution in [0, 0.1) is 0 Å². The molecule has 0 aromatic rings. The minimum absolute atomic E-state index is 0.229. The third kappa shape index (κ3) is 9.29. The summed E-state index contributed by atoms with van der Waals surface area (Å²) in [7, 11) is 1.61. The second-order valence-corrected chi connectivity index (χ2v) is 1.95. The van der Waals surface area contributed by atoms with Gasteiger partial charge in [-0.15, -0.1) is 0 Å². The van der Waals surface area contributed by atoms with E-state index in [4.69, 9.17) is 14.2 Å². The molecule has 0 aromatic carbocycles. The summed E-state index contributed by atoms with van der Waals surface area (Å²) in [5, 5.41) is 0. The number of methoxy groups -OCH3 is 1. The topological polar surface area (TPSA) is 44.8 Å². The van der Waals surface area contributed by atoms with Gasteiger partial charge in [-0.25, -0.2) is 0 Å². The van der Waals surface area contributed by atoms with Crippen LogP contribution in [-0.2, 0) is 19.0 Å². The molecule has 0 aliphatic rings. The van der Waals surface area contributed by atoms with Crippen molar-refractivity contribution < 1.29 is 19.0 Å². The molecule has 4 heteroatoms. The average molecular weight is 174 g/mol. The van der Waals surface area contributed by atoms with Gasteiger partial charge in [0.2, 0.25) is 0 Å². The van der Waals surface area contributed by atoms with Crippen molar-refractivity contribution in [3.63, 3.8) is 0 Å². The number of hydrogen-bond donors (Lipinski definition) is 0. The quantitative estimate of drug-likeness (QED) is 0.231. The number of hydrogen-bond acceptors (Lipinski definition) is 4. The van der Waals surface area contributed by atoms with Crippen LogP contribution in [0.1, 0.15) is 0 Å². The Morgan fingerprint density at radius 3 is 2.75 bits per heavy atom. The molecule has 0 saturated carbocycles. The zero-order valence-electron chi connectivity index (χ0n) is 7.19. The van der Waals surface area contributed by atoms with Crippen LogP contribution < -0.4 is 0 Å². The number of carbonyl (C=O) groups is 1. The van der Waals surface area contributed by atoms with Crippen LogP contribution in [0.25, 0.3) is 0 Å². The number of ether oxygens (including phenoxy) is 3. The van der Waals surface area contributed by atoms with Gasteiger partial charge in [0.15, 0.2) is 0 Å². The van der Waals surface area contributed by atoms with E-state index in [0.717, 1.165) is 0 Å². The number of allylic oxidation sites excluding steroid dienone is 1. The first-order valence-electron chi connectivity index (χ1n) is 3.66. The van der Waals surface area contributed by atoms with Crippen LogP contribution in [0.2, 0.25) is 0 Å². The molecule has 0 fully saturated rings. The molecule has 0 radical (unpaired) electrons. The van der Waals surface area contributed by atoms with Crippen LogP contribution in [0.15, 0.2) is 12.2 Å². The fourth-order valence-corrected chi connectivity index (χ4v) is 0.487. The summed E-state index contributed by atoms with van der Waals surface area (Å²) in [4.78, 5) is 9.79. The Morgan fingerprint density at radius 2 is 2.08 bits per heavy atom. The smallest absolute Gasteiger partial charge is 0.147 e. The summed E-state index contributed by atoms with van der Waals surface area (Å²) in [6.07, 6.45) is 3.71. The molecule has 0 bridgehead atoms. The zero-order chi connectivity index (χ0) is 9.07. The van der Waals surface area contributed by atoms with Gasteiger partial charge in [0.1, 0.15) is 13.1 Å². The van der Waals surface area contributed by atoms with Gasteiger partial charge in [0.05, 0.1) is 19.8 Å². The van der Waals surface area contributed by atoms with Crippen LogP contribution in [0.5, 0.6) is 0 Å². The van der Waals surface area contributed by atoms with Crippen molar-refractivity contribution in [1.29, 1.82) is 0 Å². The van der Waals surface area contributed by atoms with Crippen molar-refractivity contribution in [2.75, 3.05) is 33.7 Å². The monoisotopic (exact) mass is 174 g/mol. The molecule has 12 heavy (non-hydrogen) atoms. The van der Waals surface area contributed by atoms with Gasteiger partial charge in [0, 0.05) is 7.11 Å². The lowest BCUT2D eigenvalue weighted by Crippen LogP contribution is -2.05. The molecule has 0 spiro atoms.